The van der Waals surface area contributed by atoms with E-state index in [2.05, 4.69) is 5.32 Å². The van der Waals surface area contributed by atoms with Crippen LogP contribution in [0, 0.1) is 29.1 Å². The Hall–Kier alpha value is -1.06. The van der Waals surface area contributed by atoms with E-state index in [1.807, 2.05) is 13.8 Å². The molecule has 5 atom stereocenters. The van der Waals surface area contributed by atoms with Gasteiger partial charge in [0.1, 0.15) is 0 Å². The van der Waals surface area contributed by atoms with E-state index in [0.717, 1.165) is 24.2 Å². The van der Waals surface area contributed by atoms with Crippen LogP contribution in [0.3, 0.4) is 0 Å². The van der Waals surface area contributed by atoms with E-state index in [4.69, 9.17) is 5.11 Å². The average Bonchev–Trinajstić information content (AvgIpc) is 2.94. The van der Waals surface area contributed by atoms with E-state index in [0.29, 0.717) is 18.4 Å². The maximum atomic E-state index is 12.3. The molecular formula is C17H27NO3. The van der Waals surface area contributed by atoms with Crippen molar-refractivity contribution < 1.29 is 14.7 Å². The lowest BCUT2D eigenvalue weighted by Crippen LogP contribution is -2.43. The predicted octanol–water partition coefficient (Wildman–Crippen LogP) is 2.82. The summed E-state index contributed by atoms with van der Waals surface area (Å²) in [6, 6.07) is 0.350. The van der Waals surface area contributed by atoms with E-state index in [-0.39, 0.29) is 12.3 Å². The van der Waals surface area contributed by atoms with Gasteiger partial charge in [-0.3, -0.25) is 9.59 Å². The van der Waals surface area contributed by atoms with Crippen LogP contribution in [0.15, 0.2) is 0 Å². The van der Waals surface area contributed by atoms with Gasteiger partial charge in [-0.15, -0.1) is 0 Å². The Labute approximate surface area is 126 Å². The van der Waals surface area contributed by atoms with Crippen LogP contribution in [0.2, 0.25) is 0 Å². The molecule has 0 aromatic heterocycles. The van der Waals surface area contributed by atoms with Gasteiger partial charge in [0.05, 0.1) is 6.42 Å². The SMILES string of the molecule is CC(C)(CC(=O)O)CC(=O)NC1CC2CC1C1CCCC21. The van der Waals surface area contributed by atoms with Crippen molar-refractivity contribution in [3.63, 3.8) is 0 Å². The quantitative estimate of drug-likeness (QED) is 0.819. The van der Waals surface area contributed by atoms with E-state index in [1.54, 1.807) is 0 Å². The molecule has 3 fully saturated rings. The first kappa shape index (κ1) is 14.9. The lowest BCUT2D eigenvalue weighted by atomic mass is 9.79. The standard InChI is InChI=1S/C17H27NO3/c1-17(2,9-16(20)21)8-15(19)18-14-7-10-6-13(14)12-5-3-4-11(10)12/h10-14H,3-9H2,1-2H3,(H,18,19)(H,20,21). The normalized spacial score (nSPS) is 37.5. The molecule has 2 bridgehead atoms. The summed E-state index contributed by atoms with van der Waals surface area (Å²) in [6.07, 6.45) is 6.92. The zero-order valence-corrected chi connectivity index (χ0v) is 13.1. The van der Waals surface area contributed by atoms with Crippen LogP contribution in [-0.4, -0.2) is 23.0 Å². The highest BCUT2D eigenvalue weighted by molar-refractivity contribution is 5.78. The molecule has 0 spiro atoms. The fourth-order valence-corrected chi connectivity index (χ4v) is 5.40. The second-order valence-corrected chi connectivity index (χ2v) is 8.24. The number of carbonyl (C=O) groups excluding carboxylic acids is 1. The highest BCUT2D eigenvalue weighted by atomic mass is 16.4. The van der Waals surface area contributed by atoms with Crippen LogP contribution in [0.4, 0.5) is 0 Å². The summed E-state index contributed by atoms with van der Waals surface area (Å²) in [7, 11) is 0. The highest BCUT2D eigenvalue weighted by Gasteiger charge is 2.54. The largest absolute Gasteiger partial charge is 0.481 e. The summed E-state index contributed by atoms with van der Waals surface area (Å²) >= 11 is 0. The Balaban J connectivity index is 1.53. The molecule has 3 aliphatic carbocycles. The van der Waals surface area contributed by atoms with Crippen molar-refractivity contribution in [3.05, 3.63) is 0 Å². The molecule has 4 heteroatoms. The van der Waals surface area contributed by atoms with Gasteiger partial charge in [0.25, 0.3) is 0 Å². The first-order valence-electron chi connectivity index (χ1n) is 8.37. The van der Waals surface area contributed by atoms with Crippen molar-refractivity contribution in [1.82, 2.24) is 5.32 Å². The van der Waals surface area contributed by atoms with Crippen molar-refractivity contribution in [2.24, 2.45) is 29.1 Å². The van der Waals surface area contributed by atoms with Crippen molar-refractivity contribution >= 4 is 11.9 Å². The number of nitrogens with one attached hydrogen (secondary N) is 1. The second kappa shape index (κ2) is 5.29. The number of hydrogen-bond donors (Lipinski definition) is 2. The zero-order chi connectivity index (χ0) is 15.2. The van der Waals surface area contributed by atoms with Gasteiger partial charge in [-0.2, -0.15) is 0 Å². The highest BCUT2D eigenvalue weighted by Crippen LogP contribution is 2.58. The molecule has 21 heavy (non-hydrogen) atoms. The molecule has 0 aliphatic heterocycles. The van der Waals surface area contributed by atoms with Gasteiger partial charge >= 0.3 is 5.97 Å². The number of fused-ring (bicyclic) bond motifs is 5. The van der Waals surface area contributed by atoms with Crippen LogP contribution in [-0.2, 0) is 9.59 Å². The molecule has 3 rings (SSSR count). The van der Waals surface area contributed by atoms with E-state index in [1.165, 1.54) is 25.7 Å². The first-order valence-corrected chi connectivity index (χ1v) is 8.37. The van der Waals surface area contributed by atoms with Crippen molar-refractivity contribution in [3.8, 4) is 0 Å². The van der Waals surface area contributed by atoms with E-state index >= 15 is 0 Å². The van der Waals surface area contributed by atoms with Gasteiger partial charge in [0, 0.05) is 12.5 Å². The van der Waals surface area contributed by atoms with Crippen LogP contribution in [0.25, 0.3) is 0 Å². The van der Waals surface area contributed by atoms with Crippen LogP contribution >= 0.6 is 0 Å². The lowest BCUT2D eigenvalue weighted by Gasteiger charge is -2.33. The van der Waals surface area contributed by atoms with Gasteiger partial charge in [-0.25, -0.2) is 0 Å². The number of carboxylic acids is 1. The third kappa shape index (κ3) is 2.95. The Kier molecular flexibility index (Phi) is 3.74. The summed E-state index contributed by atoms with van der Waals surface area (Å²) in [6.45, 7) is 3.71. The Bertz CT molecular complexity index is 445. The van der Waals surface area contributed by atoms with E-state index < -0.39 is 11.4 Å². The van der Waals surface area contributed by atoms with E-state index in [9.17, 15) is 9.59 Å². The van der Waals surface area contributed by atoms with Gasteiger partial charge < -0.3 is 10.4 Å². The molecule has 2 N–H and O–H groups in total. The number of carboxylic acid groups (broad SMARTS) is 1. The summed E-state index contributed by atoms with van der Waals surface area (Å²) in [4.78, 5) is 23.1. The molecule has 118 valence electrons. The minimum Gasteiger partial charge on any atom is -0.481 e. The zero-order valence-electron chi connectivity index (χ0n) is 13.1. The average molecular weight is 293 g/mol. The second-order valence-electron chi connectivity index (χ2n) is 8.24. The molecule has 1 amide bonds. The molecule has 4 nitrogen and oxygen atoms in total. The smallest absolute Gasteiger partial charge is 0.303 e. The summed E-state index contributed by atoms with van der Waals surface area (Å²) in [5, 5.41) is 12.1. The third-order valence-corrected chi connectivity index (χ3v) is 6.04. The van der Waals surface area contributed by atoms with Gasteiger partial charge in [-0.1, -0.05) is 20.3 Å². The van der Waals surface area contributed by atoms with Gasteiger partial charge in [0.15, 0.2) is 0 Å². The molecule has 0 radical (unpaired) electrons. The minimum absolute atomic E-state index is 0.0355. The molecule has 0 aromatic rings. The molecule has 0 saturated heterocycles. The van der Waals surface area contributed by atoms with Crippen molar-refractivity contribution in [2.45, 2.75) is 64.8 Å². The van der Waals surface area contributed by atoms with Crippen LogP contribution in [0.1, 0.15) is 58.8 Å². The fraction of sp³-hybridized carbons (Fsp3) is 0.882. The van der Waals surface area contributed by atoms with Crippen LogP contribution in [0.5, 0.6) is 0 Å². The number of aliphatic carboxylic acids is 1. The van der Waals surface area contributed by atoms with Crippen molar-refractivity contribution in [1.29, 1.82) is 0 Å². The monoisotopic (exact) mass is 293 g/mol. The van der Waals surface area contributed by atoms with Crippen molar-refractivity contribution in [2.75, 3.05) is 0 Å². The number of amides is 1. The Morgan fingerprint density at radius 2 is 1.81 bits per heavy atom. The minimum atomic E-state index is -0.832. The number of carbonyl (C=O) groups is 2. The molecular weight excluding hydrogens is 266 g/mol. The lowest BCUT2D eigenvalue weighted by molar-refractivity contribution is -0.139. The molecule has 0 aromatic carbocycles. The van der Waals surface area contributed by atoms with Crippen LogP contribution < -0.4 is 5.32 Å². The first-order chi connectivity index (χ1) is 9.85. The Morgan fingerprint density at radius 1 is 1.10 bits per heavy atom. The topological polar surface area (TPSA) is 66.4 Å². The number of rotatable bonds is 5. The molecule has 3 saturated carbocycles. The maximum Gasteiger partial charge on any atom is 0.303 e. The summed E-state index contributed by atoms with van der Waals surface area (Å²) in [5.41, 5.74) is -0.469. The number of hydrogen-bond acceptors (Lipinski definition) is 2. The summed E-state index contributed by atoms with van der Waals surface area (Å²) < 4.78 is 0. The van der Waals surface area contributed by atoms with Gasteiger partial charge in [0.2, 0.25) is 5.91 Å². The van der Waals surface area contributed by atoms with Gasteiger partial charge in [-0.05, 0) is 54.8 Å². The predicted molar refractivity (Wildman–Crippen MR) is 79.6 cm³/mol. The fourth-order valence-electron chi connectivity index (χ4n) is 5.40. The molecule has 0 heterocycles. The summed E-state index contributed by atoms with van der Waals surface area (Å²) in [5.74, 6) is 2.51. The molecule has 3 aliphatic rings. The third-order valence-electron chi connectivity index (χ3n) is 6.04. The maximum absolute atomic E-state index is 12.3. The Morgan fingerprint density at radius 3 is 2.52 bits per heavy atom. The molecule has 5 unspecified atom stereocenters.